The Hall–Kier alpha value is -1.51. The second-order valence-corrected chi connectivity index (χ2v) is 9.76. The third-order valence-electron chi connectivity index (χ3n) is 4.35. The Bertz CT molecular complexity index is 890. The van der Waals surface area contributed by atoms with Gasteiger partial charge in [-0.05, 0) is 31.0 Å². The Kier molecular flexibility index (Phi) is 5.13. The molecule has 1 atom stereocenters. The zero-order chi connectivity index (χ0) is 18.2. The maximum absolute atomic E-state index is 12.6. The molecule has 1 N–H and O–H groups in total. The second kappa shape index (κ2) is 7.01. The summed E-state index contributed by atoms with van der Waals surface area (Å²) in [6.07, 6.45) is 3.37. The van der Waals surface area contributed by atoms with Gasteiger partial charge < -0.3 is 5.32 Å². The number of carbonyl (C=O) groups excluding carboxylic acids is 1. The number of benzene rings is 1. The van der Waals surface area contributed by atoms with Gasteiger partial charge in [0.2, 0.25) is 15.9 Å². The van der Waals surface area contributed by atoms with E-state index >= 15 is 0 Å². The lowest BCUT2D eigenvalue weighted by atomic mass is 10.0. The van der Waals surface area contributed by atoms with Crippen LogP contribution in [0.15, 0.2) is 18.2 Å². The number of amides is 1. The van der Waals surface area contributed by atoms with Gasteiger partial charge in [-0.1, -0.05) is 20.3 Å². The number of thiazole rings is 1. The molecule has 25 heavy (non-hydrogen) atoms. The predicted molar refractivity (Wildman–Crippen MR) is 102 cm³/mol. The molecule has 136 valence electrons. The van der Waals surface area contributed by atoms with Crippen molar-refractivity contribution in [3.05, 3.63) is 23.2 Å². The molecule has 1 aromatic heterocycles. The van der Waals surface area contributed by atoms with Crippen molar-refractivity contribution in [3.63, 3.8) is 0 Å². The highest BCUT2D eigenvalue weighted by atomic mass is 32.2. The molecule has 1 saturated heterocycles. The van der Waals surface area contributed by atoms with E-state index in [1.54, 1.807) is 11.3 Å². The lowest BCUT2D eigenvalue weighted by molar-refractivity contribution is -0.120. The van der Waals surface area contributed by atoms with Gasteiger partial charge in [0.25, 0.3) is 0 Å². The summed E-state index contributed by atoms with van der Waals surface area (Å²) in [5, 5.41) is 3.94. The van der Waals surface area contributed by atoms with Gasteiger partial charge in [0.05, 0.1) is 21.5 Å². The number of hydrogen-bond donors (Lipinski definition) is 1. The Morgan fingerprint density at radius 2 is 2.12 bits per heavy atom. The van der Waals surface area contributed by atoms with Crippen molar-refractivity contribution in [2.24, 2.45) is 0 Å². The molecule has 1 aliphatic heterocycles. The second-order valence-electron chi connectivity index (χ2n) is 6.76. The fourth-order valence-electron chi connectivity index (χ4n) is 3.06. The molecule has 1 unspecified atom stereocenters. The molecule has 2 heterocycles. The molecule has 3 rings (SSSR count). The molecule has 1 amide bonds. The first-order valence-corrected chi connectivity index (χ1v) is 11.1. The Morgan fingerprint density at radius 1 is 1.36 bits per heavy atom. The van der Waals surface area contributed by atoms with Crippen molar-refractivity contribution in [3.8, 4) is 0 Å². The summed E-state index contributed by atoms with van der Waals surface area (Å²) < 4.78 is 26.2. The average Bonchev–Trinajstić information content (AvgIpc) is 2.97. The van der Waals surface area contributed by atoms with Crippen LogP contribution in [0.5, 0.6) is 0 Å². The highest BCUT2D eigenvalue weighted by Crippen LogP contribution is 2.29. The van der Waals surface area contributed by atoms with E-state index in [9.17, 15) is 13.2 Å². The summed E-state index contributed by atoms with van der Waals surface area (Å²) in [7, 11) is -3.39. The molecule has 8 heteroatoms. The van der Waals surface area contributed by atoms with E-state index in [-0.39, 0.29) is 5.91 Å². The highest BCUT2D eigenvalue weighted by molar-refractivity contribution is 7.88. The zero-order valence-electron chi connectivity index (χ0n) is 14.7. The van der Waals surface area contributed by atoms with E-state index < -0.39 is 16.1 Å². The standard InChI is InChI=1S/C17H23N3O3S2/c1-11(2)17-19-13-8-7-12(10-15(13)24-17)18-16(21)14-6-4-5-9-20(14)25(3,22)23/h7-8,10-11,14H,4-6,9H2,1-3H3,(H,18,21). The molecule has 6 nitrogen and oxygen atoms in total. The van der Waals surface area contributed by atoms with Gasteiger partial charge in [-0.3, -0.25) is 4.79 Å². The lowest BCUT2D eigenvalue weighted by Gasteiger charge is -2.32. The third kappa shape index (κ3) is 4.02. The van der Waals surface area contributed by atoms with Gasteiger partial charge in [0.15, 0.2) is 0 Å². The summed E-state index contributed by atoms with van der Waals surface area (Å²) in [5.41, 5.74) is 1.60. The minimum atomic E-state index is -3.39. The van der Waals surface area contributed by atoms with E-state index in [0.29, 0.717) is 24.6 Å². The Balaban J connectivity index is 1.81. The SMILES string of the molecule is CC(C)c1nc2ccc(NC(=O)C3CCCCN3S(C)(=O)=O)cc2s1. The number of carbonyl (C=O) groups is 1. The molecule has 0 bridgehead atoms. The predicted octanol–water partition coefficient (Wildman–Crippen LogP) is 3.17. The van der Waals surface area contributed by atoms with Crippen LogP contribution in [-0.4, -0.2) is 42.5 Å². The summed E-state index contributed by atoms with van der Waals surface area (Å²) in [4.78, 5) is 17.2. The summed E-state index contributed by atoms with van der Waals surface area (Å²) >= 11 is 1.62. The van der Waals surface area contributed by atoms with Crippen LogP contribution in [-0.2, 0) is 14.8 Å². The molecule has 1 aliphatic rings. The smallest absolute Gasteiger partial charge is 0.242 e. The highest BCUT2D eigenvalue weighted by Gasteiger charge is 2.34. The zero-order valence-corrected chi connectivity index (χ0v) is 16.3. The fourth-order valence-corrected chi connectivity index (χ4v) is 5.19. The van der Waals surface area contributed by atoms with E-state index in [1.165, 1.54) is 4.31 Å². The van der Waals surface area contributed by atoms with Crippen molar-refractivity contribution in [1.29, 1.82) is 0 Å². The molecule has 2 aromatic rings. The lowest BCUT2D eigenvalue weighted by Crippen LogP contribution is -2.49. The number of rotatable bonds is 4. The van der Waals surface area contributed by atoms with Crippen molar-refractivity contribution < 1.29 is 13.2 Å². The van der Waals surface area contributed by atoms with Crippen LogP contribution >= 0.6 is 11.3 Å². The molecular formula is C17H23N3O3S2. The quantitative estimate of drug-likeness (QED) is 0.882. The first-order valence-electron chi connectivity index (χ1n) is 8.44. The van der Waals surface area contributed by atoms with Crippen LogP contribution in [0.3, 0.4) is 0 Å². The van der Waals surface area contributed by atoms with E-state index in [4.69, 9.17) is 0 Å². The molecular weight excluding hydrogens is 358 g/mol. The van der Waals surface area contributed by atoms with Gasteiger partial charge in [-0.15, -0.1) is 11.3 Å². The Labute approximate surface area is 152 Å². The minimum Gasteiger partial charge on any atom is -0.325 e. The number of piperidine rings is 1. The first-order chi connectivity index (χ1) is 11.8. The molecule has 0 saturated carbocycles. The maximum Gasteiger partial charge on any atom is 0.242 e. The van der Waals surface area contributed by atoms with Gasteiger partial charge in [0.1, 0.15) is 6.04 Å². The molecule has 1 aromatic carbocycles. The van der Waals surface area contributed by atoms with Crippen LogP contribution in [0.4, 0.5) is 5.69 Å². The fraction of sp³-hybridized carbons (Fsp3) is 0.529. The molecule has 0 aliphatic carbocycles. The van der Waals surface area contributed by atoms with Crippen LogP contribution in [0.1, 0.15) is 44.0 Å². The van der Waals surface area contributed by atoms with Crippen LogP contribution in [0.2, 0.25) is 0 Å². The van der Waals surface area contributed by atoms with Crippen LogP contribution in [0, 0.1) is 0 Å². The van der Waals surface area contributed by atoms with Crippen LogP contribution in [0.25, 0.3) is 10.2 Å². The number of sulfonamides is 1. The Morgan fingerprint density at radius 3 is 2.80 bits per heavy atom. The van der Waals surface area contributed by atoms with Gasteiger partial charge in [0, 0.05) is 18.2 Å². The number of fused-ring (bicyclic) bond motifs is 1. The average molecular weight is 382 g/mol. The number of hydrogen-bond acceptors (Lipinski definition) is 5. The number of nitrogens with zero attached hydrogens (tertiary/aromatic N) is 2. The van der Waals surface area contributed by atoms with Crippen molar-refractivity contribution in [2.75, 3.05) is 18.1 Å². The normalized spacial score (nSPS) is 19.4. The molecule has 0 spiro atoms. The summed E-state index contributed by atoms with van der Waals surface area (Å²) in [5.74, 6) is 0.0964. The van der Waals surface area contributed by atoms with E-state index in [2.05, 4.69) is 24.1 Å². The largest absolute Gasteiger partial charge is 0.325 e. The van der Waals surface area contributed by atoms with Gasteiger partial charge in [-0.2, -0.15) is 4.31 Å². The monoisotopic (exact) mass is 381 g/mol. The van der Waals surface area contributed by atoms with Crippen molar-refractivity contribution >= 4 is 43.2 Å². The van der Waals surface area contributed by atoms with Crippen molar-refractivity contribution in [1.82, 2.24) is 9.29 Å². The summed E-state index contributed by atoms with van der Waals surface area (Å²) in [6, 6.07) is 4.98. The molecule has 1 fully saturated rings. The summed E-state index contributed by atoms with van der Waals surface area (Å²) in [6.45, 7) is 4.61. The maximum atomic E-state index is 12.6. The van der Waals surface area contributed by atoms with Crippen molar-refractivity contribution in [2.45, 2.75) is 45.1 Å². The number of nitrogens with one attached hydrogen (secondary N) is 1. The molecule has 0 radical (unpaired) electrons. The van der Waals surface area contributed by atoms with Gasteiger partial charge >= 0.3 is 0 Å². The topological polar surface area (TPSA) is 79.4 Å². The van der Waals surface area contributed by atoms with E-state index in [0.717, 1.165) is 34.3 Å². The van der Waals surface area contributed by atoms with Crippen LogP contribution < -0.4 is 5.32 Å². The third-order valence-corrected chi connectivity index (χ3v) is 6.96. The first kappa shape index (κ1) is 18.3. The number of aromatic nitrogens is 1. The van der Waals surface area contributed by atoms with Gasteiger partial charge in [-0.25, -0.2) is 13.4 Å². The minimum absolute atomic E-state index is 0.266. The number of anilines is 1. The van der Waals surface area contributed by atoms with E-state index in [1.807, 2.05) is 18.2 Å².